The number of Topliss-reactive ketones (excluding diaryl/α,β-unsaturated/α-hetero) is 1. The molecule has 1 heterocycles. The average molecular weight is 482 g/mol. The first-order valence-electron chi connectivity index (χ1n) is 11.4. The summed E-state index contributed by atoms with van der Waals surface area (Å²) in [6, 6.07) is 13.2. The number of ether oxygens (including phenoxy) is 2. The highest BCUT2D eigenvalue weighted by Crippen LogP contribution is 2.48. The van der Waals surface area contributed by atoms with Gasteiger partial charge in [-0.2, -0.15) is 0 Å². The largest absolute Gasteiger partial charge is 0.503 e. The summed E-state index contributed by atoms with van der Waals surface area (Å²) < 4.78 is 10.8. The van der Waals surface area contributed by atoms with Gasteiger partial charge in [0.15, 0.2) is 17.3 Å². The van der Waals surface area contributed by atoms with Crippen molar-refractivity contribution in [2.45, 2.75) is 44.9 Å². The second-order valence-corrected chi connectivity index (χ2v) is 9.02. The van der Waals surface area contributed by atoms with Crippen LogP contribution in [0.4, 0.5) is 0 Å². The Hall–Kier alpha value is -3.25. The van der Waals surface area contributed by atoms with Crippen molar-refractivity contribution in [3.63, 3.8) is 0 Å². The van der Waals surface area contributed by atoms with Gasteiger partial charge in [0, 0.05) is 29.3 Å². The summed E-state index contributed by atoms with van der Waals surface area (Å²) in [5.41, 5.74) is 4.01. The topological polar surface area (TPSA) is 84.9 Å². The number of carbonyl (C=O) groups is 2. The molecule has 34 heavy (non-hydrogen) atoms. The molecule has 0 unspecified atom stereocenters. The summed E-state index contributed by atoms with van der Waals surface area (Å²) in [6.07, 6.45) is 1.65. The number of phenols is 1. The van der Waals surface area contributed by atoms with E-state index < -0.39 is 11.9 Å². The SMILES string of the molecule is CCCOC(=O)C1=C(C)NC2=C(C(=O)C[C@H](c3ccccc3)C2)[C@@H]1c1cc(Cl)c(O)c(OC)c1. The van der Waals surface area contributed by atoms with E-state index in [0.29, 0.717) is 41.7 Å². The lowest BCUT2D eigenvalue weighted by Crippen LogP contribution is -2.36. The Balaban J connectivity index is 1.84. The van der Waals surface area contributed by atoms with E-state index in [0.717, 1.165) is 11.3 Å². The molecular formula is C27H28ClNO5. The second kappa shape index (κ2) is 9.94. The summed E-state index contributed by atoms with van der Waals surface area (Å²) in [7, 11) is 1.43. The zero-order valence-electron chi connectivity index (χ0n) is 19.5. The first-order valence-corrected chi connectivity index (χ1v) is 11.8. The van der Waals surface area contributed by atoms with Crippen LogP contribution >= 0.6 is 11.6 Å². The molecule has 0 spiro atoms. The minimum absolute atomic E-state index is 0.0379. The summed E-state index contributed by atoms with van der Waals surface area (Å²) in [5.74, 6) is -1.18. The number of esters is 1. The van der Waals surface area contributed by atoms with Gasteiger partial charge in [0.05, 0.1) is 24.3 Å². The van der Waals surface area contributed by atoms with Crippen LogP contribution < -0.4 is 10.1 Å². The number of halogens is 1. The molecule has 2 aromatic rings. The highest BCUT2D eigenvalue weighted by atomic mass is 35.5. The zero-order chi connectivity index (χ0) is 24.4. The monoisotopic (exact) mass is 481 g/mol. The average Bonchev–Trinajstić information content (AvgIpc) is 2.83. The van der Waals surface area contributed by atoms with Crippen LogP contribution in [-0.2, 0) is 14.3 Å². The predicted octanol–water partition coefficient (Wildman–Crippen LogP) is 5.37. The number of nitrogens with one attached hydrogen (secondary N) is 1. The molecule has 1 aliphatic carbocycles. The van der Waals surface area contributed by atoms with E-state index in [1.54, 1.807) is 12.1 Å². The molecule has 0 saturated carbocycles. The quantitative estimate of drug-likeness (QED) is 0.539. The second-order valence-electron chi connectivity index (χ2n) is 8.62. The first-order chi connectivity index (χ1) is 16.3. The Bertz CT molecular complexity index is 1190. The number of hydrogen-bond donors (Lipinski definition) is 2. The third-order valence-electron chi connectivity index (χ3n) is 6.36. The molecule has 1 aliphatic heterocycles. The van der Waals surface area contributed by atoms with Crippen LogP contribution in [0.2, 0.25) is 5.02 Å². The third-order valence-corrected chi connectivity index (χ3v) is 6.65. The predicted molar refractivity (Wildman–Crippen MR) is 130 cm³/mol. The lowest BCUT2D eigenvalue weighted by molar-refractivity contribution is -0.139. The molecule has 2 N–H and O–H groups in total. The molecule has 6 nitrogen and oxygen atoms in total. The van der Waals surface area contributed by atoms with Crippen LogP contribution in [0.15, 0.2) is 65.0 Å². The van der Waals surface area contributed by atoms with E-state index in [1.165, 1.54) is 7.11 Å². The Morgan fingerprint density at radius 2 is 1.91 bits per heavy atom. The lowest BCUT2D eigenvalue weighted by Gasteiger charge is -2.37. The number of methoxy groups -OCH3 is 1. The molecule has 0 radical (unpaired) electrons. The van der Waals surface area contributed by atoms with Gasteiger partial charge in [0.25, 0.3) is 0 Å². The maximum Gasteiger partial charge on any atom is 0.336 e. The van der Waals surface area contributed by atoms with Gasteiger partial charge in [-0.15, -0.1) is 0 Å². The van der Waals surface area contributed by atoms with Gasteiger partial charge in [0.2, 0.25) is 0 Å². The van der Waals surface area contributed by atoms with E-state index in [4.69, 9.17) is 21.1 Å². The fourth-order valence-electron chi connectivity index (χ4n) is 4.79. The molecule has 0 bridgehead atoms. The number of hydrogen-bond acceptors (Lipinski definition) is 6. The number of benzene rings is 2. The van der Waals surface area contributed by atoms with Crippen molar-refractivity contribution in [2.24, 2.45) is 0 Å². The minimum atomic E-state index is -0.683. The molecule has 0 aromatic heterocycles. The molecule has 2 atom stereocenters. The summed E-state index contributed by atoms with van der Waals surface area (Å²) >= 11 is 6.30. The summed E-state index contributed by atoms with van der Waals surface area (Å²) in [5, 5.41) is 13.7. The van der Waals surface area contributed by atoms with Crippen molar-refractivity contribution in [3.05, 3.63) is 81.2 Å². The van der Waals surface area contributed by atoms with Crippen LogP contribution in [0.25, 0.3) is 0 Å². The molecule has 0 fully saturated rings. The minimum Gasteiger partial charge on any atom is -0.503 e. The van der Waals surface area contributed by atoms with Crippen molar-refractivity contribution in [3.8, 4) is 11.5 Å². The molecule has 2 aromatic carbocycles. The fraction of sp³-hybridized carbons (Fsp3) is 0.333. The number of allylic oxidation sites excluding steroid dienone is 3. The Morgan fingerprint density at radius 1 is 1.18 bits per heavy atom. The van der Waals surface area contributed by atoms with Crippen molar-refractivity contribution in [2.75, 3.05) is 13.7 Å². The first kappa shape index (κ1) is 23.9. The van der Waals surface area contributed by atoms with E-state index in [1.807, 2.05) is 44.2 Å². The van der Waals surface area contributed by atoms with Gasteiger partial charge in [-0.3, -0.25) is 4.79 Å². The number of dihydropyridines is 1. The number of phenolic OH excluding ortho intramolecular Hbond substituents is 1. The van der Waals surface area contributed by atoms with E-state index in [9.17, 15) is 14.7 Å². The van der Waals surface area contributed by atoms with Gasteiger partial charge >= 0.3 is 5.97 Å². The maximum absolute atomic E-state index is 13.6. The number of ketones is 1. The van der Waals surface area contributed by atoms with Crippen LogP contribution in [0.3, 0.4) is 0 Å². The van der Waals surface area contributed by atoms with E-state index >= 15 is 0 Å². The zero-order valence-corrected chi connectivity index (χ0v) is 20.2. The Labute approximate surface area is 204 Å². The molecule has 7 heteroatoms. The van der Waals surface area contributed by atoms with E-state index in [-0.39, 0.29) is 34.8 Å². The summed E-state index contributed by atoms with van der Waals surface area (Å²) in [6.45, 7) is 4.01. The standard InChI is InChI=1S/C27H28ClNO5/c1-4-10-34-27(32)23-15(2)29-20-12-17(16-8-6-5-7-9-16)13-21(30)25(20)24(23)18-11-19(28)26(31)22(14-18)33-3/h5-9,11,14,17,24,29,31H,4,10,12-13H2,1-3H3/t17-,24-/m1/s1. The fourth-order valence-corrected chi connectivity index (χ4v) is 5.01. The van der Waals surface area contributed by atoms with Crippen molar-refractivity contribution < 1.29 is 24.2 Å². The van der Waals surface area contributed by atoms with Gasteiger partial charge < -0.3 is 19.9 Å². The van der Waals surface area contributed by atoms with Gasteiger partial charge in [-0.1, -0.05) is 48.9 Å². The normalized spacial score (nSPS) is 20.1. The number of rotatable bonds is 6. The molecule has 2 aliphatic rings. The van der Waals surface area contributed by atoms with Crippen molar-refractivity contribution >= 4 is 23.4 Å². The van der Waals surface area contributed by atoms with Gasteiger partial charge in [-0.25, -0.2) is 4.79 Å². The number of aromatic hydroxyl groups is 1. The van der Waals surface area contributed by atoms with Gasteiger partial charge in [0.1, 0.15) is 0 Å². The molecule has 0 saturated heterocycles. The Kier molecular flexibility index (Phi) is 6.98. The highest BCUT2D eigenvalue weighted by Gasteiger charge is 2.41. The maximum atomic E-state index is 13.6. The lowest BCUT2D eigenvalue weighted by atomic mass is 9.71. The van der Waals surface area contributed by atoms with E-state index in [2.05, 4.69) is 5.32 Å². The number of carbonyl (C=O) groups excluding carboxylic acids is 2. The van der Waals surface area contributed by atoms with Crippen molar-refractivity contribution in [1.29, 1.82) is 0 Å². The van der Waals surface area contributed by atoms with Crippen LogP contribution in [0.5, 0.6) is 11.5 Å². The summed E-state index contributed by atoms with van der Waals surface area (Å²) in [4.78, 5) is 26.8. The van der Waals surface area contributed by atoms with Crippen molar-refractivity contribution in [1.82, 2.24) is 5.32 Å². The molecule has 4 rings (SSSR count). The Morgan fingerprint density at radius 3 is 2.59 bits per heavy atom. The van der Waals surface area contributed by atoms with Gasteiger partial charge in [-0.05, 0) is 48.9 Å². The van der Waals surface area contributed by atoms with Crippen LogP contribution in [-0.4, -0.2) is 30.6 Å². The highest BCUT2D eigenvalue weighted by molar-refractivity contribution is 6.32. The van der Waals surface area contributed by atoms with Crippen LogP contribution in [0, 0.1) is 0 Å². The molecule has 178 valence electrons. The smallest absolute Gasteiger partial charge is 0.336 e. The molecule has 0 amide bonds. The molecular weight excluding hydrogens is 454 g/mol. The van der Waals surface area contributed by atoms with Crippen LogP contribution in [0.1, 0.15) is 56.1 Å². The third kappa shape index (κ3) is 4.42.